The molecule has 0 spiro atoms. The van der Waals surface area contributed by atoms with Crippen LogP contribution in [0.25, 0.3) is 0 Å². The van der Waals surface area contributed by atoms with Crippen LogP contribution in [-0.4, -0.2) is 10.3 Å². The van der Waals surface area contributed by atoms with Gasteiger partial charge in [0.25, 0.3) is 0 Å². The van der Waals surface area contributed by atoms with Gasteiger partial charge in [0, 0.05) is 0 Å². The largest absolute Gasteiger partial charge is 0.277 e. The van der Waals surface area contributed by atoms with E-state index in [2.05, 4.69) is 5.43 Å². The molecular formula is C2H6IN3O. The fourth-order valence-electron chi connectivity index (χ4n) is 0.114. The number of carbonyl (C=O) groups excluding carboxylic acids is 1. The Bertz CT molecular complexity index is 66.0. The molecule has 0 saturated carbocycles. The number of hydrazine groups is 2. The molecule has 0 atom stereocenters. The molecule has 42 valence electrons. The molecule has 7 heavy (non-hydrogen) atoms. The van der Waals surface area contributed by atoms with Crippen molar-refractivity contribution >= 4 is 28.5 Å². The molecule has 0 aliphatic rings. The van der Waals surface area contributed by atoms with Crippen molar-refractivity contribution in [1.29, 1.82) is 0 Å². The first-order chi connectivity index (χ1) is 3.31. The number of carbonyl (C=O) groups is 1. The maximum atomic E-state index is 10.2. The van der Waals surface area contributed by atoms with Crippen molar-refractivity contribution in [3.8, 4) is 0 Å². The summed E-state index contributed by atoms with van der Waals surface area (Å²) in [7, 11) is 0. The lowest BCUT2D eigenvalue weighted by Crippen LogP contribution is -2.42. The zero-order chi connectivity index (χ0) is 5.70. The highest BCUT2D eigenvalue weighted by molar-refractivity contribution is 14.1. The fourth-order valence-corrected chi connectivity index (χ4v) is 0.305. The Balaban J connectivity index is 3.00. The van der Waals surface area contributed by atoms with Crippen molar-refractivity contribution in [3.63, 3.8) is 0 Å². The van der Waals surface area contributed by atoms with Crippen LogP contribution >= 0.6 is 22.6 Å². The molecule has 0 aliphatic carbocycles. The molecule has 0 bridgehead atoms. The van der Waals surface area contributed by atoms with E-state index in [4.69, 9.17) is 5.84 Å². The molecule has 0 aromatic heterocycles. The second-order valence-electron chi connectivity index (χ2n) is 0.826. The van der Waals surface area contributed by atoms with E-state index in [1.807, 2.05) is 28.1 Å². The van der Waals surface area contributed by atoms with Crippen molar-refractivity contribution in [3.05, 3.63) is 0 Å². The minimum absolute atomic E-state index is 0.122. The summed E-state index contributed by atoms with van der Waals surface area (Å²) in [6.07, 6.45) is 0. The van der Waals surface area contributed by atoms with E-state index in [-0.39, 0.29) is 5.91 Å². The van der Waals surface area contributed by atoms with E-state index in [1.54, 1.807) is 0 Å². The van der Waals surface area contributed by atoms with Crippen LogP contribution in [0.1, 0.15) is 0 Å². The monoisotopic (exact) mass is 215 g/mol. The van der Waals surface area contributed by atoms with Crippen molar-refractivity contribution in [2.45, 2.75) is 0 Å². The van der Waals surface area contributed by atoms with E-state index in [0.29, 0.717) is 4.43 Å². The highest BCUT2D eigenvalue weighted by Crippen LogP contribution is 1.75. The molecule has 0 aliphatic heterocycles. The van der Waals surface area contributed by atoms with Gasteiger partial charge in [-0.1, -0.05) is 22.6 Å². The zero-order valence-corrected chi connectivity index (χ0v) is 5.73. The molecule has 1 amide bonds. The number of hydrogen-bond acceptors (Lipinski definition) is 3. The number of amides is 1. The summed E-state index contributed by atoms with van der Waals surface area (Å²) in [6.45, 7) is 0. The molecule has 5 heteroatoms. The molecule has 4 nitrogen and oxygen atoms in total. The minimum Gasteiger partial charge on any atom is -0.277 e. The van der Waals surface area contributed by atoms with Crippen LogP contribution in [0.3, 0.4) is 0 Å². The molecule has 0 rings (SSSR count). The van der Waals surface area contributed by atoms with E-state index < -0.39 is 0 Å². The van der Waals surface area contributed by atoms with Crippen LogP contribution in [0.15, 0.2) is 0 Å². The lowest BCUT2D eigenvalue weighted by atomic mass is 10.8. The second-order valence-corrected chi connectivity index (χ2v) is 1.59. The van der Waals surface area contributed by atoms with Crippen LogP contribution in [0, 0.1) is 0 Å². The topological polar surface area (TPSA) is 67.2 Å². The number of nitrogens with two attached hydrogens (primary N) is 1. The van der Waals surface area contributed by atoms with Gasteiger partial charge in [-0.05, 0) is 0 Å². The fraction of sp³-hybridized carbons (Fsp3) is 0.500. The van der Waals surface area contributed by atoms with Crippen LogP contribution < -0.4 is 16.8 Å². The molecule has 0 aromatic rings. The minimum atomic E-state index is -0.122. The summed E-state index contributed by atoms with van der Waals surface area (Å²) in [4.78, 5) is 10.2. The molecule has 0 heterocycles. The van der Waals surface area contributed by atoms with Gasteiger partial charge in [0.1, 0.15) is 0 Å². The molecule has 0 unspecified atom stereocenters. The first kappa shape index (κ1) is 7.12. The van der Waals surface area contributed by atoms with Crippen molar-refractivity contribution in [2.75, 3.05) is 4.43 Å². The Hall–Kier alpha value is 0.120. The van der Waals surface area contributed by atoms with Gasteiger partial charge in [-0.15, -0.1) is 0 Å². The second kappa shape index (κ2) is 4.28. The van der Waals surface area contributed by atoms with E-state index in [1.165, 1.54) is 0 Å². The Morgan fingerprint density at radius 2 is 2.43 bits per heavy atom. The molecule has 4 N–H and O–H groups in total. The van der Waals surface area contributed by atoms with Crippen LogP contribution in [0.2, 0.25) is 0 Å². The number of rotatable bonds is 2. The zero-order valence-electron chi connectivity index (χ0n) is 3.57. The number of halogens is 1. The Kier molecular flexibility index (Phi) is 4.36. The average Bonchev–Trinajstić information content (AvgIpc) is 1.68. The summed E-state index contributed by atoms with van der Waals surface area (Å²) >= 11 is 1.93. The van der Waals surface area contributed by atoms with Gasteiger partial charge in [-0.2, -0.15) is 5.53 Å². The number of hydrogen-bond donors (Lipinski definition) is 3. The predicted octanol–water partition coefficient (Wildman–Crippen LogP) is -1.08. The van der Waals surface area contributed by atoms with Gasteiger partial charge < -0.3 is 0 Å². The maximum Gasteiger partial charge on any atom is 0.244 e. The van der Waals surface area contributed by atoms with E-state index in [0.717, 1.165) is 0 Å². The van der Waals surface area contributed by atoms with Gasteiger partial charge in [-0.25, -0.2) is 0 Å². The molecular weight excluding hydrogens is 209 g/mol. The standard InChI is InChI=1S/C2H6IN3O/c3-1-2(7)5-6-4/h6H,1,4H2,(H,5,7). The summed E-state index contributed by atoms with van der Waals surface area (Å²) in [5.74, 6) is 4.60. The van der Waals surface area contributed by atoms with E-state index >= 15 is 0 Å². The molecule has 0 radical (unpaired) electrons. The first-order valence-electron chi connectivity index (χ1n) is 1.61. The lowest BCUT2D eigenvalue weighted by molar-refractivity contribution is -0.119. The third-order valence-electron chi connectivity index (χ3n) is 0.333. The molecule has 0 saturated heterocycles. The Morgan fingerprint density at radius 1 is 1.86 bits per heavy atom. The predicted molar refractivity (Wildman–Crippen MR) is 34.4 cm³/mol. The van der Waals surface area contributed by atoms with Gasteiger partial charge in [0.2, 0.25) is 5.91 Å². The third-order valence-corrected chi connectivity index (χ3v) is 1.03. The van der Waals surface area contributed by atoms with Crippen molar-refractivity contribution in [1.82, 2.24) is 11.0 Å². The van der Waals surface area contributed by atoms with Gasteiger partial charge in [0.15, 0.2) is 0 Å². The number of alkyl halides is 1. The maximum absolute atomic E-state index is 10.2. The Morgan fingerprint density at radius 3 is 2.57 bits per heavy atom. The van der Waals surface area contributed by atoms with Gasteiger partial charge in [-0.3, -0.25) is 16.1 Å². The van der Waals surface area contributed by atoms with Gasteiger partial charge >= 0.3 is 0 Å². The summed E-state index contributed by atoms with van der Waals surface area (Å²) in [5, 5.41) is 0. The van der Waals surface area contributed by atoms with Crippen molar-refractivity contribution in [2.24, 2.45) is 5.84 Å². The summed E-state index contributed by atoms with van der Waals surface area (Å²) in [6, 6.07) is 0. The van der Waals surface area contributed by atoms with Crippen LogP contribution in [0.4, 0.5) is 0 Å². The van der Waals surface area contributed by atoms with E-state index in [9.17, 15) is 4.79 Å². The lowest BCUT2D eigenvalue weighted by Gasteiger charge is -1.94. The normalized spacial score (nSPS) is 8.29. The van der Waals surface area contributed by atoms with Crippen LogP contribution in [-0.2, 0) is 4.79 Å². The highest BCUT2D eigenvalue weighted by Gasteiger charge is 1.89. The molecule has 0 fully saturated rings. The van der Waals surface area contributed by atoms with Gasteiger partial charge in [0.05, 0.1) is 4.43 Å². The number of nitrogens with one attached hydrogen (secondary N) is 2. The highest BCUT2D eigenvalue weighted by atomic mass is 127. The first-order valence-corrected chi connectivity index (χ1v) is 3.14. The quantitative estimate of drug-likeness (QED) is 0.237. The van der Waals surface area contributed by atoms with Crippen LogP contribution in [0.5, 0.6) is 0 Å². The Labute approximate surface area is 54.9 Å². The smallest absolute Gasteiger partial charge is 0.244 e. The SMILES string of the molecule is NNNC(=O)CI. The van der Waals surface area contributed by atoms with Crippen molar-refractivity contribution < 1.29 is 4.79 Å². The third kappa shape index (κ3) is 3.96. The average molecular weight is 215 g/mol. The molecule has 0 aromatic carbocycles. The summed E-state index contributed by atoms with van der Waals surface area (Å²) < 4.78 is 0.419. The summed E-state index contributed by atoms with van der Waals surface area (Å²) in [5.41, 5.74) is 4.19.